The maximum Gasteiger partial charge on any atom is 0.339 e. The largest absolute Gasteiger partial charge is 0.481 e. The van der Waals surface area contributed by atoms with Gasteiger partial charge in [-0.3, -0.25) is 4.79 Å². The molecule has 0 unspecified atom stereocenters. The predicted molar refractivity (Wildman–Crippen MR) is 103 cm³/mol. The maximum atomic E-state index is 11.1. The number of carbonyl (C=O) groups is 2. The minimum Gasteiger partial charge on any atom is -0.481 e. The fraction of sp³-hybridized carbons (Fsp3) is 0.579. The van der Waals surface area contributed by atoms with Gasteiger partial charge in [-0.2, -0.15) is 0 Å². The van der Waals surface area contributed by atoms with Gasteiger partial charge < -0.3 is 20.4 Å². The van der Waals surface area contributed by atoms with Crippen LogP contribution in [-0.4, -0.2) is 44.1 Å². The van der Waals surface area contributed by atoms with E-state index in [1.54, 1.807) is 6.07 Å². The number of carboxylic acid groups (broad SMARTS) is 2. The number of aryl methyl sites for hydroxylation is 1. The van der Waals surface area contributed by atoms with Gasteiger partial charge in [0.2, 0.25) is 0 Å². The Balaban J connectivity index is 2.21. The Morgan fingerprint density at radius 3 is 2.15 bits per heavy atom. The SMILES string of the molecule is O=C(O)C[C@](O)(C(=O)O)[C@@H](O)CCCCCCCCc1ccc(Cl)cc1Cl. The standard InChI is InChI=1S/C19H26Cl2O6/c20-14-10-9-13(15(21)11-14)7-5-3-1-2-4-6-8-16(22)19(27,18(25)26)12-17(23)24/h9-11,16,22,27H,1-8,12H2,(H,23,24)(H,25,26)/t16-,19+/m0/s1. The average molecular weight is 421 g/mol. The van der Waals surface area contributed by atoms with Crippen LogP contribution in [0, 0.1) is 0 Å². The van der Waals surface area contributed by atoms with Crippen LogP contribution in [0.1, 0.15) is 56.9 Å². The number of carboxylic acids is 2. The number of unbranched alkanes of at least 4 members (excludes halogenated alkanes) is 5. The van der Waals surface area contributed by atoms with Crippen molar-refractivity contribution in [1.82, 2.24) is 0 Å². The minimum absolute atomic E-state index is 0.0382. The molecule has 27 heavy (non-hydrogen) atoms. The van der Waals surface area contributed by atoms with Gasteiger partial charge in [0, 0.05) is 10.0 Å². The molecule has 0 radical (unpaired) electrons. The van der Waals surface area contributed by atoms with Gasteiger partial charge >= 0.3 is 11.9 Å². The molecule has 152 valence electrons. The Morgan fingerprint density at radius 1 is 1.00 bits per heavy atom. The molecule has 0 heterocycles. The number of aliphatic hydroxyl groups is 2. The van der Waals surface area contributed by atoms with Crippen molar-refractivity contribution in [3.63, 3.8) is 0 Å². The number of rotatable bonds is 13. The highest BCUT2D eigenvalue weighted by atomic mass is 35.5. The van der Waals surface area contributed by atoms with E-state index in [-0.39, 0.29) is 6.42 Å². The van der Waals surface area contributed by atoms with E-state index in [2.05, 4.69) is 0 Å². The van der Waals surface area contributed by atoms with E-state index in [4.69, 9.17) is 33.4 Å². The highest BCUT2D eigenvalue weighted by Gasteiger charge is 2.45. The molecule has 4 N–H and O–H groups in total. The quantitative estimate of drug-likeness (QED) is 0.359. The van der Waals surface area contributed by atoms with Gasteiger partial charge in [0.25, 0.3) is 0 Å². The fourth-order valence-electron chi connectivity index (χ4n) is 2.89. The number of halogens is 2. The molecule has 1 rings (SSSR count). The van der Waals surface area contributed by atoms with E-state index in [0.717, 1.165) is 44.1 Å². The molecular weight excluding hydrogens is 395 g/mol. The lowest BCUT2D eigenvalue weighted by Crippen LogP contribution is -2.51. The van der Waals surface area contributed by atoms with Gasteiger partial charge in [-0.1, -0.05) is 61.4 Å². The number of hydrogen-bond acceptors (Lipinski definition) is 4. The first-order chi connectivity index (χ1) is 12.7. The van der Waals surface area contributed by atoms with Crippen LogP contribution in [0.25, 0.3) is 0 Å². The normalized spacial score (nSPS) is 14.5. The van der Waals surface area contributed by atoms with Crippen molar-refractivity contribution in [2.45, 2.75) is 69.5 Å². The van der Waals surface area contributed by atoms with Crippen LogP contribution in [0.5, 0.6) is 0 Å². The summed E-state index contributed by atoms with van der Waals surface area (Å²) in [6, 6.07) is 5.47. The molecule has 0 aliphatic carbocycles. The molecule has 0 bridgehead atoms. The van der Waals surface area contributed by atoms with Gasteiger partial charge in [0.15, 0.2) is 5.60 Å². The van der Waals surface area contributed by atoms with Gasteiger partial charge in [-0.25, -0.2) is 4.79 Å². The first-order valence-electron chi connectivity index (χ1n) is 8.96. The summed E-state index contributed by atoms with van der Waals surface area (Å²) in [6.45, 7) is 0. The maximum absolute atomic E-state index is 11.1. The average Bonchev–Trinajstić information content (AvgIpc) is 2.57. The van der Waals surface area contributed by atoms with E-state index in [1.165, 1.54) is 0 Å². The van der Waals surface area contributed by atoms with E-state index in [1.807, 2.05) is 12.1 Å². The van der Waals surface area contributed by atoms with Crippen molar-refractivity contribution in [2.24, 2.45) is 0 Å². The third-order valence-corrected chi connectivity index (χ3v) is 5.12. The molecule has 0 aliphatic rings. The van der Waals surface area contributed by atoms with Crippen molar-refractivity contribution in [2.75, 3.05) is 0 Å². The Hall–Kier alpha value is -1.34. The van der Waals surface area contributed by atoms with Crippen LogP contribution >= 0.6 is 23.2 Å². The molecule has 0 saturated heterocycles. The van der Waals surface area contributed by atoms with Crippen molar-refractivity contribution in [3.8, 4) is 0 Å². The zero-order chi connectivity index (χ0) is 20.4. The summed E-state index contributed by atoms with van der Waals surface area (Å²) in [6.07, 6.45) is 3.44. The lowest BCUT2D eigenvalue weighted by atomic mass is 9.89. The Kier molecular flexibility index (Phi) is 10.1. The lowest BCUT2D eigenvalue weighted by Gasteiger charge is -2.27. The fourth-order valence-corrected chi connectivity index (χ4v) is 3.39. The smallest absolute Gasteiger partial charge is 0.339 e. The summed E-state index contributed by atoms with van der Waals surface area (Å²) in [5.74, 6) is -3.20. The van der Waals surface area contributed by atoms with Crippen LogP contribution in [-0.2, 0) is 16.0 Å². The van der Waals surface area contributed by atoms with Gasteiger partial charge in [0.05, 0.1) is 12.5 Å². The number of hydrogen-bond donors (Lipinski definition) is 4. The molecule has 1 aromatic carbocycles. The second kappa shape index (κ2) is 11.5. The third kappa shape index (κ3) is 8.05. The van der Waals surface area contributed by atoms with Crippen LogP contribution in [0.15, 0.2) is 18.2 Å². The molecule has 0 fully saturated rings. The lowest BCUT2D eigenvalue weighted by molar-refractivity contribution is -0.179. The number of benzene rings is 1. The van der Waals surface area contributed by atoms with Gasteiger partial charge in [-0.15, -0.1) is 0 Å². The Labute approximate surface area is 168 Å². The highest BCUT2D eigenvalue weighted by Crippen LogP contribution is 2.24. The Bertz CT molecular complexity index is 637. The highest BCUT2D eigenvalue weighted by molar-refractivity contribution is 6.35. The van der Waals surface area contributed by atoms with Crippen LogP contribution in [0.4, 0.5) is 0 Å². The molecule has 0 aromatic heterocycles. The van der Waals surface area contributed by atoms with E-state index in [0.29, 0.717) is 16.5 Å². The molecule has 6 nitrogen and oxygen atoms in total. The van der Waals surface area contributed by atoms with Crippen LogP contribution < -0.4 is 0 Å². The Morgan fingerprint density at radius 2 is 1.59 bits per heavy atom. The first-order valence-corrected chi connectivity index (χ1v) is 9.72. The van der Waals surface area contributed by atoms with Gasteiger partial charge in [0.1, 0.15) is 0 Å². The van der Waals surface area contributed by atoms with Crippen LogP contribution in [0.2, 0.25) is 10.0 Å². The molecule has 0 aliphatic heterocycles. The number of aliphatic carboxylic acids is 2. The third-order valence-electron chi connectivity index (χ3n) is 4.53. The minimum atomic E-state index is -2.65. The zero-order valence-corrected chi connectivity index (χ0v) is 16.5. The second-order valence-corrected chi connectivity index (χ2v) is 7.56. The number of aliphatic hydroxyl groups excluding tert-OH is 1. The molecule has 2 atom stereocenters. The monoisotopic (exact) mass is 420 g/mol. The molecular formula is C19H26Cl2O6. The van der Waals surface area contributed by atoms with E-state index >= 15 is 0 Å². The molecule has 0 saturated carbocycles. The van der Waals surface area contributed by atoms with Gasteiger partial charge in [-0.05, 0) is 37.0 Å². The second-order valence-electron chi connectivity index (χ2n) is 6.71. The van der Waals surface area contributed by atoms with E-state index in [9.17, 15) is 19.8 Å². The summed E-state index contributed by atoms with van der Waals surface area (Å²) < 4.78 is 0. The predicted octanol–water partition coefficient (Wildman–Crippen LogP) is 3.92. The first kappa shape index (κ1) is 23.7. The summed E-state index contributed by atoms with van der Waals surface area (Å²) >= 11 is 12.0. The molecule has 0 spiro atoms. The van der Waals surface area contributed by atoms with Crippen molar-refractivity contribution < 1.29 is 30.0 Å². The topological polar surface area (TPSA) is 115 Å². The van der Waals surface area contributed by atoms with E-state index < -0.39 is 30.1 Å². The zero-order valence-electron chi connectivity index (χ0n) is 15.0. The van der Waals surface area contributed by atoms with Crippen molar-refractivity contribution in [1.29, 1.82) is 0 Å². The molecule has 1 aromatic rings. The molecule has 0 amide bonds. The summed E-state index contributed by atoms with van der Waals surface area (Å²) in [5.41, 5.74) is -1.58. The van der Waals surface area contributed by atoms with Crippen molar-refractivity contribution >= 4 is 35.1 Å². The summed E-state index contributed by atoms with van der Waals surface area (Å²) in [4.78, 5) is 21.8. The summed E-state index contributed by atoms with van der Waals surface area (Å²) in [7, 11) is 0. The molecule has 8 heteroatoms. The van der Waals surface area contributed by atoms with Crippen molar-refractivity contribution in [3.05, 3.63) is 33.8 Å². The summed E-state index contributed by atoms with van der Waals surface area (Å²) in [5, 5.41) is 38.8. The van der Waals surface area contributed by atoms with Crippen LogP contribution in [0.3, 0.4) is 0 Å².